The maximum absolute atomic E-state index is 12.1. The molecule has 0 bridgehead atoms. The van der Waals surface area contributed by atoms with Crippen molar-refractivity contribution in [1.29, 1.82) is 0 Å². The van der Waals surface area contributed by atoms with Crippen LogP contribution in [-0.4, -0.2) is 25.7 Å². The topological polar surface area (TPSA) is 72.7 Å². The van der Waals surface area contributed by atoms with Crippen LogP contribution in [0.1, 0.15) is 15.9 Å². The van der Waals surface area contributed by atoms with E-state index in [9.17, 15) is 4.79 Å². The highest BCUT2D eigenvalue weighted by molar-refractivity contribution is 9.10. The van der Waals surface area contributed by atoms with E-state index in [0.29, 0.717) is 12.1 Å². The Bertz CT molecular complexity index is 846. The Balaban J connectivity index is 1.70. The first-order valence-corrected chi connectivity index (χ1v) is 7.73. The fourth-order valence-electron chi connectivity index (χ4n) is 2.13. The number of hydrogen-bond donors (Lipinski definition) is 1. The van der Waals surface area contributed by atoms with E-state index in [4.69, 9.17) is 0 Å². The first kappa shape index (κ1) is 15.4. The monoisotopic (exact) mass is 371 g/mol. The highest BCUT2D eigenvalue weighted by Crippen LogP contribution is 2.18. The Kier molecular flexibility index (Phi) is 4.47. The van der Waals surface area contributed by atoms with Crippen molar-refractivity contribution in [2.45, 2.75) is 6.54 Å². The second kappa shape index (κ2) is 6.70. The number of nitrogens with zero attached hydrogens (tertiary/aromatic N) is 4. The van der Waals surface area contributed by atoms with Crippen LogP contribution >= 0.6 is 15.9 Å². The van der Waals surface area contributed by atoms with Crippen molar-refractivity contribution < 1.29 is 4.79 Å². The van der Waals surface area contributed by atoms with Crippen LogP contribution in [0, 0.1) is 0 Å². The van der Waals surface area contributed by atoms with Crippen LogP contribution in [0.15, 0.2) is 53.8 Å². The molecule has 3 aromatic rings. The van der Waals surface area contributed by atoms with Crippen LogP contribution in [0.5, 0.6) is 0 Å². The summed E-state index contributed by atoms with van der Waals surface area (Å²) in [5.41, 5.74) is 3.39. The molecular formula is C16H14BrN5O. The summed E-state index contributed by atoms with van der Waals surface area (Å²) in [5, 5.41) is 7.02. The van der Waals surface area contributed by atoms with Crippen molar-refractivity contribution in [1.82, 2.24) is 25.1 Å². The molecule has 0 atom stereocenters. The number of nitrogens with one attached hydrogen (secondary N) is 1. The maximum atomic E-state index is 12.1. The number of pyridine rings is 2. The number of aryl methyl sites for hydroxylation is 1. The summed E-state index contributed by atoms with van der Waals surface area (Å²) in [6.45, 7) is 0.395. The molecule has 0 saturated carbocycles. The Hall–Kier alpha value is -2.54. The minimum atomic E-state index is -0.175. The van der Waals surface area contributed by atoms with Gasteiger partial charge in [-0.25, -0.2) is 0 Å². The van der Waals surface area contributed by atoms with Gasteiger partial charge in [-0.05, 0) is 33.6 Å². The fraction of sp³-hybridized carbons (Fsp3) is 0.125. The molecule has 0 aromatic carbocycles. The molecule has 0 fully saturated rings. The molecule has 116 valence electrons. The molecule has 0 aliphatic rings. The lowest BCUT2D eigenvalue weighted by atomic mass is 10.1. The first-order valence-electron chi connectivity index (χ1n) is 6.93. The zero-order chi connectivity index (χ0) is 16.2. The van der Waals surface area contributed by atoms with Crippen molar-refractivity contribution in [3.05, 3.63) is 64.9 Å². The molecule has 1 amide bonds. The lowest BCUT2D eigenvalue weighted by Crippen LogP contribution is -2.23. The van der Waals surface area contributed by atoms with Crippen LogP contribution in [0.3, 0.4) is 0 Å². The van der Waals surface area contributed by atoms with E-state index in [0.717, 1.165) is 21.2 Å². The number of carbonyl (C=O) groups excluding carboxylic acids is 1. The Morgan fingerprint density at radius 1 is 1.13 bits per heavy atom. The van der Waals surface area contributed by atoms with Gasteiger partial charge in [0.1, 0.15) is 0 Å². The van der Waals surface area contributed by atoms with Gasteiger partial charge in [0.2, 0.25) is 0 Å². The SMILES string of the molecule is Cn1cc(-c2cncc(CNC(=O)c3cncc(Br)c3)c2)cn1. The Labute approximate surface area is 141 Å². The maximum Gasteiger partial charge on any atom is 0.253 e. The zero-order valence-corrected chi connectivity index (χ0v) is 14.0. The van der Waals surface area contributed by atoms with Gasteiger partial charge in [0.25, 0.3) is 5.91 Å². The van der Waals surface area contributed by atoms with Gasteiger partial charge in [-0.1, -0.05) is 0 Å². The van der Waals surface area contributed by atoms with Crippen LogP contribution < -0.4 is 5.32 Å². The minimum Gasteiger partial charge on any atom is -0.348 e. The predicted molar refractivity (Wildman–Crippen MR) is 89.5 cm³/mol. The van der Waals surface area contributed by atoms with Crippen LogP contribution in [0.25, 0.3) is 11.1 Å². The van der Waals surface area contributed by atoms with Gasteiger partial charge in [-0.2, -0.15) is 5.10 Å². The molecular weight excluding hydrogens is 358 g/mol. The molecule has 3 aromatic heterocycles. The van der Waals surface area contributed by atoms with Crippen LogP contribution in [-0.2, 0) is 13.6 Å². The standard InChI is InChI=1S/C16H14BrN5O/c1-22-10-14(8-21-22)12-2-11(4-18-6-12)5-20-16(23)13-3-15(17)9-19-7-13/h2-4,6-10H,5H2,1H3,(H,20,23). The molecule has 0 radical (unpaired) electrons. The Morgan fingerprint density at radius 2 is 1.96 bits per heavy atom. The van der Waals surface area contributed by atoms with Crippen LogP contribution in [0.2, 0.25) is 0 Å². The smallest absolute Gasteiger partial charge is 0.253 e. The predicted octanol–water partition coefficient (Wildman–Crippen LogP) is 2.57. The second-order valence-corrected chi connectivity index (χ2v) is 5.97. The number of amides is 1. The summed E-state index contributed by atoms with van der Waals surface area (Å²) in [5.74, 6) is -0.175. The van der Waals surface area contributed by atoms with Crippen molar-refractivity contribution in [3.63, 3.8) is 0 Å². The van der Waals surface area contributed by atoms with Crippen molar-refractivity contribution in [3.8, 4) is 11.1 Å². The minimum absolute atomic E-state index is 0.175. The van der Waals surface area contributed by atoms with E-state index in [-0.39, 0.29) is 5.91 Å². The molecule has 0 aliphatic heterocycles. The lowest BCUT2D eigenvalue weighted by Gasteiger charge is -2.06. The van der Waals surface area contributed by atoms with E-state index < -0.39 is 0 Å². The van der Waals surface area contributed by atoms with E-state index in [1.54, 1.807) is 35.5 Å². The number of aromatic nitrogens is 4. The van der Waals surface area contributed by atoms with Crippen molar-refractivity contribution >= 4 is 21.8 Å². The first-order chi connectivity index (χ1) is 11.1. The summed E-state index contributed by atoms with van der Waals surface area (Å²) in [7, 11) is 1.87. The molecule has 0 unspecified atom stereocenters. The van der Waals surface area contributed by atoms with E-state index >= 15 is 0 Å². The number of halogens is 1. The van der Waals surface area contributed by atoms with Gasteiger partial charge >= 0.3 is 0 Å². The largest absolute Gasteiger partial charge is 0.348 e. The average molecular weight is 372 g/mol. The molecule has 1 N–H and O–H groups in total. The summed E-state index contributed by atoms with van der Waals surface area (Å²) in [6.07, 6.45) is 10.4. The third kappa shape index (κ3) is 3.81. The summed E-state index contributed by atoms with van der Waals surface area (Å²) in [6, 6.07) is 3.72. The quantitative estimate of drug-likeness (QED) is 0.764. The van der Waals surface area contributed by atoms with Crippen molar-refractivity contribution in [2.75, 3.05) is 0 Å². The molecule has 6 nitrogen and oxygen atoms in total. The van der Waals surface area contributed by atoms with E-state index in [2.05, 4.69) is 36.3 Å². The third-order valence-corrected chi connectivity index (χ3v) is 3.69. The summed E-state index contributed by atoms with van der Waals surface area (Å²) in [4.78, 5) is 20.3. The lowest BCUT2D eigenvalue weighted by molar-refractivity contribution is 0.0950. The van der Waals surface area contributed by atoms with Gasteiger partial charge in [0.15, 0.2) is 0 Å². The van der Waals surface area contributed by atoms with E-state index in [1.807, 2.05) is 19.3 Å². The Morgan fingerprint density at radius 3 is 2.70 bits per heavy atom. The van der Waals surface area contributed by atoms with Crippen molar-refractivity contribution in [2.24, 2.45) is 7.05 Å². The molecule has 23 heavy (non-hydrogen) atoms. The third-order valence-electron chi connectivity index (χ3n) is 3.25. The average Bonchev–Trinajstić information content (AvgIpc) is 2.99. The highest BCUT2D eigenvalue weighted by Gasteiger charge is 2.07. The molecule has 0 saturated heterocycles. The highest BCUT2D eigenvalue weighted by atomic mass is 79.9. The fourth-order valence-corrected chi connectivity index (χ4v) is 2.50. The van der Waals surface area contributed by atoms with Gasteiger partial charge in [0.05, 0.1) is 11.8 Å². The molecule has 0 spiro atoms. The van der Waals surface area contributed by atoms with Gasteiger partial charge in [-0.3, -0.25) is 19.4 Å². The van der Waals surface area contributed by atoms with Crippen LogP contribution in [0.4, 0.5) is 0 Å². The van der Waals surface area contributed by atoms with E-state index in [1.165, 1.54) is 6.20 Å². The molecule has 3 heterocycles. The normalized spacial score (nSPS) is 10.5. The number of carbonyl (C=O) groups is 1. The molecule has 3 rings (SSSR count). The molecule has 0 aliphatic carbocycles. The zero-order valence-electron chi connectivity index (χ0n) is 12.4. The number of hydrogen-bond acceptors (Lipinski definition) is 4. The second-order valence-electron chi connectivity index (χ2n) is 5.06. The van der Waals surface area contributed by atoms with Gasteiger partial charge < -0.3 is 5.32 Å². The summed E-state index contributed by atoms with van der Waals surface area (Å²) >= 11 is 3.30. The van der Waals surface area contributed by atoms with Gasteiger partial charge in [0, 0.05) is 60.2 Å². The molecule has 7 heteroatoms. The van der Waals surface area contributed by atoms with Gasteiger partial charge in [-0.15, -0.1) is 0 Å². The summed E-state index contributed by atoms with van der Waals surface area (Å²) < 4.78 is 2.51. The number of rotatable bonds is 4.